The number of hydrogen-bond donors (Lipinski definition) is 0. The summed E-state index contributed by atoms with van der Waals surface area (Å²) in [7, 11) is 24.7. The van der Waals surface area contributed by atoms with Gasteiger partial charge in [0.1, 0.15) is 0 Å². The van der Waals surface area contributed by atoms with E-state index < -0.39 is 0 Å². The zero-order valence-electron chi connectivity index (χ0n) is 41.1. The summed E-state index contributed by atoms with van der Waals surface area (Å²) < 4.78 is 3.35. The Morgan fingerprint density at radius 2 is 0.557 bits per heavy atom. The minimum Gasteiger partial charge on any atom is -0.0683 e. The molecule has 0 N–H and O–H groups in total. The Balaban J connectivity index is 0.000000107. The number of hydrogen-bond acceptors (Lipinski definition) is 12. The smallest absolute Gasteiger partial charge is 0.0368 e. The van der Waals surface area contributed by atoms with E-state index in [1.54, 1.807) is 62.3 Å². The third kappa shape index (κ3) is 7.48. The van der Waals surface area contributed by atoms with Crippen molar-refractivity contribution in [2.75, 3.05) is 0 Å². The average molecular weight is 1170 g/mol. The quantitative estimate of drug-likeness (QED) is 0.0920. The van der Waals surface area contributed by atoms with Gasteiger partial charge in [-0.1, -0.05) is 264 Å². The van der Waals surface area contributed by atoms with Gasteiger partial charge in [0.15, 0.2) is 0 Å². The van der Waals surface area contributed by atoms with Crippen molar-refractivity contribution < 1.29 is 0 Å². The van der Waals surface area contributed by atoms with Crippen LogP contribution < -0.4 is 0 Å². The van der Waals surface area contributed by atoms with Crippen molar-refractivity contribution in [3.05, 3.63) is 104 Å². The Hall–Kier alpha value is -0.560. The fourth-order valence-electron chi connectivity index (χ4n) is 10.1. The maximum absolute atomic E-state index is 2.37. The van der Waals surface area contributed by atoms with Crippen LogP contribution in [0.25, 0.3) is 64.6 Å². The van der Waals surface area contributed by atoms with Crippen LogP contribution in [0.4, 0.5) is 0 Å². The van der Waals surface area contributed by atoms with Crippen molar-refractivity contribution >= 4 is 211 Å². The molecule has 0 bridgehead atoms. The summed E-state index contributed by atoms with van der Waals surface area (Å²) in [5.41, 5.74) is 6.21. The molecule has 8 aliphatic heterocycles. The van der Waals surface area contributed by atoms with E-state index in [1.807, 2.05) is 142 Å². The van der Waals surface area contributed by atoms with Gasteiger partial charge >= 0.3 is 0 Å². The van der Waals surface area contributed by atoms with Crippen LogP contribution in [-0.2, 0) is 12.8 Å². The molecule has 0 aromatic heterocycles. The summed E-state index contributed by atoms with van der Waals surface area (Å²) in [5, 5.41) is 18.3. The van der Waals surface area contributed by atoms with Crippen molar-refractivity contribution in [1.29, 1.82) is 0 Å². The van der Waals surface area contributed by atoms with E-state index in [0.717, 1.165) is 12.8 Å². The zero-order valence-corrected chi connectivity index (χ0v) is 52.5. The molecule has 14 heteroatoms. The highest BCUT2D eigenvalue weighted by Crippen LogP contribution is 2.73. The van der Waals surface area contributed by atoms with E-state index in [9.17, 15) is 0 Å². The molecule has 8 aliphatic rings. The molecule has 360 valence electrons. The minimum absolute atomic E-state index is 0.306. The second-order valence-corrected chi connectivity index (χ2v) is 35.9. The summed E-state index contributed by atoms with van der Waals surface area (Å²) in [6, 6.07) is 27.2. The third-order valence-corrected chi connectivity index (χ3v) is 35.9. The molecule has 17 rings (SSSR count). The van der Waals surface area contributed by atoms with Crippen LogP contribution in [0, 0.1) is 22.9 Å². The van der Waals surface area contributed by atoms with Gasteiger partial charge in [0.2, 0.25) is 0 Å². The van der Waals surface area contributed by atoms with E-state index in [-0.39, 0.29) is 0 Å². The molecule has 0 saturated carbocycles. The molecule has 0 unspecified atom stereocenters. The Labute approximate surface area is 464 Å². The second-order valence-electron chi connectivity index (χ2n) is 15.9. The van der Waals surface area contributed by atoms with E-state index in [1.165, 1.54) is 92.4 Å². The van der Waals surface area contributed by atoms with Crippen LogP contribution in [0.1, 0.15) is 91.5 Å². The maximum atomic E-state index is 2.37. The monoisotopic (exact) mass is 1170 g/mol. The summed E-state index contributed by atoms with van der Waals surface area (Å²) in [6.45, 7) is 25.2. The van der Waals surface area contributed by atoms with Crippen LogP contribution in [-0.4, -0.2) is 0 Å². The van der Waals surface area contributed by atoms with Gasteiger partial charge in [0.05, 0.1) is 0 Å². The molecule has 0 radical (unpaired) electrons. The molecule has 0 amide bonds. The highest BCUT2D eigenvalue weighted by Gasteiger charge is 2.36. The van der Waals surface area contributed by atoms with Crippen molar-refractivity contribution in [3.8, 4) is 0 Å². The number of rotatable bonds is 2. The van der Waals surface area contributed by atoms with Crippen molar-refractivity contribution in [2.45, 2.75) is 155 Å². The first-order valence-electron chi connectivity index (χ1n) is 24.3. The minimum atomic E-state index is 0.306. The van der Waals surface area contributed by atoms with Gasteiger partial charge in [0, 0.05) is 111 Å². The summed E-state index contributed by atoms with van der Waals surface area (Å²) in [6.07, 6.45) is 2.31. The standard InChI is InChI=1S/C18H8S4.C16H16S4.C14H4S6.4C2H6/c1-2-6-10-9(5-1)15-13-14-16(10)20-22-18(14)12-8-4-3-7-11(12)17(13)21-19-15;1-5-9-10(6-2)16-12-11-13(17-19-15(9)11)7(3)8(4)14(12)18-20-16;1-2-6-10-9-5(1)15-19-13(9)11-7(17-19)3-4-8-12(11)14(10)20(16-6)18-8;4*1-2/h1-8H;5-6H2,1-4H3;1-4H;4*1-2H3. The molecular weight excluding hydrogens is 1120 g/mol. The molecule has 0 saturated heterocycles. The Kier molecular flexibility index (Phi) is 15.5. The largest absolute Gasteiger partial charge is 0.0683 e. The summed E-state index contributed by atoms with van der Waals surface area (Å²) in [4.78, 5) is 18.2. The average Bonchev–Trinajstić information content (AvgIpc) is 4.29. The van der Waals surface area contributed by atoms with Gasteiger partial charge < -0.3 is 0 Å². The highest BCUT2D eigenvalue weighted by atomic mass is 33.5. The molecule has 0 spiro atoms. The number of benzene rings is 9. The van der Waals surface area contributed by atoms with Gasteiger partial charge in [-0.05, 0) is 94.8 Å². The summed E-state index contributed by atoms with van der Waals surface area (Å²) >= 11 is 0. The maximum Gasteiger partial charge on any atom is 0.0368 e. The van der Waals surface area contributed by atoms with Crippen molar-refractivity contribution in [1.82, 2.24) is 0 Å². The lowest BCUT2D eigenvalue weighted by molar-refractivity contribution is 0.975. The van der Waals surface area contributed by atoms with Crippen LogP contribution in [0.3, 0.4) is 0 Å². The fourth-order valence-corrected chi connectivity index (χ4v) is 36.7. The van der Waals surface area contributed by atoms with Crippen molar-refractivity contribution in [2.24, 2.45) is 0 Å². The first kappa shape index (κ1) is 51.5. The lowest BCUT2D eigenvalue weighted by atomic mass is 9.94. The lowest BCUT2D eigenvalue weighted by Crippen LogP contribution is -1.98. The van der Waals surface area contributed by atoms with Crippen LogP contribution in [0.5, 0.6) is 0 Å². The highest BCUT2D eigenvalue weighted by molar-refractivity contribution is 9.14. The van der Waals surface area contributed by atoms with Crippen LogP contribution in [0.15, 0.2) is 132 Å². The molecule has 9 aromatic carbocycles. The molecule has 9 aromatic rings. The third-order valence-electron chi connectivity index (χ3n) is 13.0. The Morgan fingerprint density at radius 1 is 0.314 bits per heavy atom. The van der Waals surface area contributed by atoms with E-state index in [0.29, 0.717) is 17.1 Å². The molecule has 0 fully saturated rings. The van der Waals surface area contributed by atoms with Gasteiger partial charge in [-0.2, -0.15) is 0 Å². The second kappa shape index (κ2) is 21.1. The zero-order chi connectivity index (χ0) is 48.9. The predicted molar refractivity (Wildman–Crippen MR) is 341 cm³/mol. The normalized spacial score (nSPS) is 15.6. The SMILES string of the molecule is CC.CC.CC.CC.CCc1c(CC)c2c3c(c(C)c(C)c4c3c1SS4)SS2.c1cc2c3c4c5c(ccc6c5c5c3c1SS=5S6)SS=4S2.c1ccc2c3c4c(c5ccccc5c5c4c(c2c1)SS5)SS3. The molecule has 0 aliphatic carbocycles. The van der Waals surface area contributed by atoms with Gasteiger partial charge in [-0.25, -0.2) is 0 Å². The fraction of sp³-hybridized carbons (Fsp3) is 0.250. The lowest BCUT2D eigenvalue weighted by Gasteiger charge is -2.16. The Bertz CT molecular complexity index is 3460. The predicted octanol–water partition coefficient (Wildman–Crippen LogP) is 25.4. The van der Waals surface area contributed by atoms with Gasteiger partial charge in [0.25, 0.3) is 0 Å². The van der Waals surface area contributed by atoms with Gasteiger partial charge in [-0.3, -0.25) is 0 Å². The van der Waals surface area contributed by atoms with Crippen LogP contribution >= 0.6 is 147 Å². The van der Waals surface area contributed by atoms with Crippen LogP contribution in [0.2, 0.25) is 0 Å². The molecule has 70 heavy (non-hydrogen) atoms. The number of fused-ring (bicyclic) bond motifs is 6. The topological polar surface area (TPSA) is 0 Å². The molecule has 0 atom stereocenters. The van der Waals surface area contributed by atoms with E-state index in [2.05, 4.69) is 144 Å². The van der Waals surface area contributed by atoms with E-state index >= 15 is 0 Å². The van der Waals surface area contributed by atoms with Crippen molar-refractivity contribution in [3.63, 3.8) is 0 Å². The summed E-state index contributed by atoms with van der Waals surface area (Å²) in [5.74, 6) is 0. The molecule has 8 heterocycles. The molecule has 0 nitrogen and oxygen atoms in total. The first-order valence-corrected chi connectivity index (χ1v) is 40.7. The molecular formula is C56H52S14. The Morgan fingerprint density at radius 3 is 0.829 bits per heavy atom. The van der Waals surface area contributed by atoms with Gasteiger partial charge in [-0.15, -0.1) is 0 Å². The van der Waals surface area contributed by atoms with E-state index in [4.69, 9.17) is 0 Å². The first-order chi connectivity index (χ1) is 34.5.